The van der Waals surface area contributed by atoms with E-state index < -0.39 is 17.5 Å². The molecule has 0 aromatic heterocycles. The number of carbonyl (C=O) groups excluding carboxylic acids is 1. The molecule has 2 rings (SSSR count). The maximum atomic E-state index is 11.8. The maximum Gasteiger partial charge on any atom is 0.329 e. The van der Waals surface area contributed by atoms with Crippen LogP contribution in [0.1, 0.15) is 32.6 Å². The summed E-state index contributed by atoms with van der Waals surface area (Å²) in [7, 11) is 0. The van der Waals surface area contributed by atoms with Crippen LogP contribution in [0.4, 0.5) is 4.79 Å². The Morgan fingerprint density at radius 3 is 2.63 bits per heavy atom. The number of hydrogen-bond donors (Lipinski definition) is 3. The standard InChI is InChI=1S/C13H22N2O4/c1-13(11(16)17,10-2-3-10)15-12(18)14-6-4-9-5-7-19-8-9/h9-10H,2-8H2,1H3,(H,16,17)(H2,14,15,18). The second-order valence-electron chi connectivity index (χ2n) is 5.68. The quantitative estimate of drug-likeness (QED) is 0.671. The summed E-state index contributed by atoms with van der Waals surface area (Å²) in [6, 6.07) is -0.393. The number of urea groups is 1. The fourth-order valence-electron chi connectivity index (χ4n) is 2.47. The summed E-state index contributed by atoms with van der Waals surface area (Å²) in [5.74, 6) is -0.400. The average molecular weight is 270 g/mol. The van der Waals surface area contributed by atoms with Crippen molar-refractivity contribution in [1.29, 1.82) is 0 Å². The molecule has 1 aliphatic heterocycles. The van der Waals surface area contributed by atoms with E-state index in [-0.39, 0.29) is 5.92 Å². The third kappa shape index (κ3) is 3.59. The van der Waals surface area contributed by atoms with Crippen LogP contribution >= 0.6 is 0 Å². The summed E-state index contributed by atoms with van der Waals surface area (Å²) in [4.78, 5) is 23.0. The molecule has 0 bridgehead atoms. The van der Waals surface area contributed by atoms with Crippen LogP contribution < -0.4 is 10.6 Å². The number of carboxylic acids is 1. The average Bonchev–Trinajstić information content (AvgIpc) is 3.08. The van der Waals surface area contributed by atoms with E-state index >= 15 is 0 Å². The number of amides is 2. The van der Waals surface area contributed by atoms with Gasteiger partial charge in [-0.15, -0.1) is 0 Å². The highest BCUT2D eigenvalue weighted by Gasteiger charge is 2.48. The van der Waals surface area contributed by atoms with Crippen molar-refractivity contribution in [3.05, 3.63) is 0 Å². The zero-order valence-electron chi connectivity index (χ0n) is 11.3. The Morgan fingerprint density at radius 1 is 1.37 bits per heavy atom. The van der Waals surface area contributed by atoms with Crippen molar-refractivity contribution < 1.29 is 19.4 Å². The van der Waals surface area contributed by atoms with Gasteiger partial charge in [-0.3, -0.25) is 0 Å². The Kier molecular flexibility index (Phi) is 4.29. The molecule has 19 heavy (non-hydrogen) atoms. The Bertz CT molecular complexity index is 351. The lowest BCUT2D eigenvalue weighted by atomic mass is 9.96. The second kappa shape index (κ2) is 5.77. The van der Waals surface area contributed by atoms with Crippen molar-refractivity contribution in [1.82, 2.24) is 10.6 Å². The highest BCUT2D eigenvalue weighted by Crippen LogP contribution is 2.39. The minimum Gasteiger partial charge on any atom is -0.480 e. The van der Waals surface area contributed by atoms with Gasteiger partial charge in [-0.05, 0) is 44.4 Å². The first-order valence-corrected chi connectivity index (χ1v) is 6.89. The molecule has 1 aliphatic carbocycles. The van der Waals surface area contributed by atoms with Gasteiger partial charge in [0, 0.05) is 19.8 Å². The normalized spacial score (nSPS) is 25.6. The summed E-state index contributed by atoms with van der Waals surface area (Å²) in [5.41, 5.74) is -1.14. The van der Waals surface area contributed by atoms with Gasteiger partial charge in [-0.25, -0.2) is 9.59 Å². The van der Waals surface area contributed by atoms with Crippen molar-refractivity contribution in [3.8, 4) is 0 Å². The van der Waals surface area contributed by atoms with Crippen LogP contribution in [-0.2, 0) is 9.53 Å². The Labute approximate surface area is 112 Å². The molecule has 0 aromatic carbocycles. The first-order chi connectivity index (χ1) is 9.02. The van der Waals surface area contributed by atoms with Crippen LogP contribution in [0.25, 0.3) is 0 Å². The number of ether oxygens (including phenoxy) is 1. The number of nitrogens with one attached hydrogen (secondary N) is 2. The minimum atomic E-state index is -1.14. The van der Waals surface area contributed by atoms with Gasteiger partial charge in [0.05, 0.1) is 0 Å². The zero-order valence-corrected chi connectivity index (χ0v) is 11.3. The molecule has 6 heteroatoms. The van der Waals surface area contributed by atoms with Gasteiger partial charge in [0.2, 0.25) is 0 Å². The predicted octanol–water partition coefficient (Wildman–Crippen LogP) is 0.965. The molecule has 108 valence electrons. The third-order valence-corrected chi connectivity index (χ3v) is 4.07. The van der Waals surface area contributed by atoms with Crippen molar-refractivity contribution in [2.24, 2.45) is 11.8 Å². The maximum absolute atomic E-state index is 11.8. The molecular weight excluding hydrogens is 248 g/mol. The van der Waals surface area contributed by atoms with Crippen molar-refractivity contribution >= 4 is 12.0 Å². The van der Waals surface area contributed by atoms with E-state index in [4.69, 9.17) is 4.74 Å². The number of hydrogen-bond acceptors (Lipinski definition) is 3. The first-order valence-electron chi connectivity index (χ1n) is 6.89. The topological polar surface area (TPSA) is 87.7 Å². The van der Waals surface area contributed by atoms with Gasteiger partial charge in [0.15, 0.2) is 0 Å². The molecule has 1 saturated heterocycles. The van der Waals surface area contributed by atoms with Crippen LogP contribution in [0.15, 0.2) is 0 Å². The molecule has 6 nitrogen and oxygen atoms in total. The SMILES string of the molecule is CC(NC(=O)NCCC1CCOC1)(C(=O)O)C1CC1. The fourth-order valence-corrected chi connectivity index (χ4v) is 2.47. The van der Waals surface area contributed by atoms with Crippen LogP contribution in [0.5, 0.6) is 0 Å². The van der Waals surface area contributed by atoms with E-state index in [1.807, 2.05) is 0 Å². The Morgan fingerprint density at radius 2 is 2.11 bits per heavy atom. The van der Waals surface area contributed by atoms with Gasteiger partial charge < -0.3 is 20.5 Å². The lowest BCUT2D eigenvalue weighted by Crippen LogP contribution is -2.56. The number of rotatable bonds is 6. The van der Waals surface area contributed by atoms with Gasteiger partial charge in [-0.2, -0.15) is 0 Å². The molecule has 2 unspecified atom stereocenters. The van der Waals surface area contributed by atoms with Gasteiger partial charge >= 0.3 is 12.0 Å². The first kappa shape index (κ1) is 14.1. The lowest BCUT2D eigenvalue weighted by molar-refractivity contribution is -0.144. The minimum absolute atomic E-state index is 0.0546. The van der Waals surface area contributed by atoms with Crippen molar-refractivity contribution in [2.75, 3.05) is 19.8 Å². The molecule has 3 N–H and O–H groups in total. The van der Waals surface area contributed by atoms with Crippen molar-refractivity contribution in [3.63, 3.8) is 0 Å². The van der Waals surface area contributed by atoms with E-state index in [1.54, 1.807) is 6.92 Å². The molecular formula is C13H22N2O4. The highest BCUT2D eigenvalue weighted by molar-refractivity contribution is 5.86. The van der Waals surface area contributed by atoms with E-state index in [0.717, 1.165) is 38.9 Å². The van der Waals surface area contributed by atoms with E-state index in [2.05, 4.69) is 10.6 Å². The molecule has 1 saturated carbocycles. The van der Waals surface area contributed by atoms with Crippen LogP contribution in [0.3, 0.4) is 0 Å². The molecule has 0 aromatic rings. The molecule has 0 radical (unpaired) electrons. The van der Waals surface area contributed by atoms with Crippen LogP contribution in [-0.4, -0.2) is 42.4 Å². The summed E-state index contributed by atoms with van der Waals surface area (Å²) in [6.45, 7) is 3.70. The predicted molar refractivity (Wildman–Crippen MR) is 68.8 cm³/mol. The van der Waals surface area contributed by atoms with Crippen LogP contribution in [0, 0.1) is 11.8 Å². The Balaban J connectivity index is 1.71. The molecule has 2 fully saturated rings. The summed E-state index contributed by atoms with van der Waals surface area (Å²) < 4.78 is 5.26. The molecule has 2 atom stereocenters. The molecule has 0 spiro atoms. The van der Waals surface area contributed by atoms with Gasteiger partial charge in [-0.1, -0.05) is 0 Å². The summed E-state index contributed by atoms with van der Waals surface area (Å²) in [5, 5.41) is 14.6. The lowest BCUT2D eigenvalue weighted by Gasteiger charge is -2.26. The summed E-state index contributed by atoms with van der Waals surface area (Å²) in [6.07, 6.45) is 3.64. The molecule has 2 amide bonds. The third-order valence-electron chi connectivity index (χ3n) is 4.07. The fraction of sp³-hybridized carbons (Fsp3) is 0.846. The number of carboxylic acid groups (broad SMARTS) is 1. The monoisotopic (exact) mass is 270 g/mol. The van der Waals surface area contributed by atoms with E-state index in [9.17, 15) is 14.7 Å². The van der Waals surface area contributed by atoms with Crippen molar-refractivity contribution in [2.45, 2.75) is 38.1 Å². The smallest absolute Gasteiger partial charge is 0.329 e. The van der Waals surface area contributed by atoms with E-state index in [1.165, 1.54) is 0 Å². The number of carbonyl (C=O) groups is 2. The zero-order chi connectivity index (χ0) is 13.9. The summed E-state index contributed by atoms with van der Waals surface area (Å²) >= 11 is 0. The Hall–Kier alpha value is -1.30. The largest absolute Gasteiger partial charge is 0.480 e. The second-order valence-corrected chi connectivity index (χ2v) is 5.68. The van der Waals surface area contributed by atoms with Gasteiger partial charge in [0.25, 0.3) is 0 Å². The number of aliphatic carboxylic acids is 1. The molecule has 1 heterocycles. The van der Waals surface area contributed by atoms with E-state index in [0.29, 0.717) is 12.5 Å². The highest BCUT2D eigenvalue weighted by atomic mass is 16.5. The molecule has 2 aliphatic rings. The van der Waals surface area contributed by atoms with Gasteiger partial charge in [0.1, 0.15) is 5.54 Å². The van der Waals surface area contributed by atoms with Crippen LogP contribution in [0.2, 0.25) is 0 Å².